The van der Waals surface area contributed by atoms with Gasteiger partial charge in [0.1, 0.15) is 11.4 Å². The van der Waals surface area contributed by atoms with Gasteiger partial charge in [0.15, 0.2) is 0 Å². The second kappa shape index (κ2) is 8.52. The van der Waals surface area contributed by atoms with Gasteiger partial charge in [0.05, 0.1) is 17.9 Å². The Kier molecular flexibility index (Phi) is 5.82. The average molecular weight is 425 g/mol. The number of hydrogen-bond donors (Lipinski definition) is 0. The van der Waals surface area contributed by atoms with Crippen LogP contribution in [-0.4, -0.2) is 36.4 Å². The number of ether oxygens (including phenoxy) is 1. The molecule has 2 aliphatic rings. The molecule has 156 valence electrons. The number of amides is 2. The maximum absolute atomic E-state index is 13.5. The summed E-state index contributed by atoms with van der Waals surface area (Å²) in [6, 6.07) is 12.6. The highest BCUT2D eigenvalue weighted by atomic mass is 35.5. The fourth-order valence-electron chi connectivity index (χ4n) is 4.03. The van der Waals surface area contributed by atoms with Crippen LogP contribution in [0.25, 0.3) is 5.57 Å². The Balaban J connectivity index is 1.79. The van der Waals surface area contributed by atoms with Gasteiger partial charge < -0.3 is 9.64 Å². The van der Waals surface area contributed by atoms with Crippen LogP contribution in [0, 0.1) is 6.92 Å². The molecular formula is C24H25ClN2O3. The molecule has 2 heterocycles. The number of aryl methyl sites for hydroxylation is 1. The Morgan fingerprint density at radius 1 is 0.967 bits per heavy atom. The number of hydrogen-bond acceptors (Lipinski definition) is 4. The number of carbonyl (C=O) groups excluding carboxylic acids is 2. The SMILES string of the molecule is CCOc1ccc(C2=C(N3CCCCC3)C(=O)N(c3ccc(C)c(Cl)c3)C2=O)cc1. The van der Waals surface area contributed by atoms with E-state index < -0.39 is 0 Å². The van der Waals surface area contributed by atoms with Crippen LogP contribution in [0.2, 0.25) is 5.02 Å². The molecule has 1 saturated heterocycles. The lowest BCUT2D eigenvalue weighted by atomic mass is 10.0. The highest BCUT2D eigenvalue weighted by Crippen LogP contribution is 2.37. The highest BCUT2D eigenvalue weighted by molar-refractivity contribution is 6.45. The van der Waals surface area contributed by atoms with Crippen molar-refractivity contribution in [3.05, 3.63) is 64.3 Å². The van der Waals surface area contributed by atoms with Crippen molar-refractivity contribution in [2.45, 2.75) is 33.1 Å². The summed E-state index contributed by atoms with van der Waals surface area (Å²) in [6.07, 6.45) is 3.16. The van der Waals surface area contributed by atoms with E-state index in [2.05, 4.69) is 4.90 Å². The van der Waals surface area contributed by atoms with Gasteiger partial charge in [-0.05, 0) is 68.5 Å². The number of piperidine rings is 1. The molecule has 6 heteroatoms. The monoisotopic (exact) mass is 424 g/mol. The molecule has 0 spiro atoms. The van der Waals surface area contributed by atoms with E-state index in [4.69, 9.17) is 16.3 Å². The topological polar surface area (TPSA) is 49.9 Å². The fourth-order valence-corrected chi connectivity index (χ4v) is 4.20. The van der Waals surface area contributed by atoms with Crippen molar-refractivity contribution in [2.75, 3.05) is 24.6 Å². The number of imide groups is 1. The van der Waals surface area contributed by atoms with E-state index in [1.807, 2.05) is 44.2 Å². The lowest BCUT2D eigenvalue weighted by Gasteiger charge is -2.29. The molecule has 0 N–H and O–H groups in total. The Bertz CT molecular complexity index is 1010. The lowest BCUT2D eigenvalue weighted by Crippen LogP contribution is -2.37. The van der Waals surface area contributed by atoms with Gasteiger partial charge in [-0.25, -0.2) is 4.90 Å². The molecule has 2 aromatic carbocycles. The number of carbonyl (C=O) groups is 2. The molecule has 5 nitrogen and oxygen atoms in total. The minimum atomic E-state index is -0.315. The number of anilines is 1. The molecule has 2 aromatic rings. The molecule has 2 aliphatic heterocycles. The summed E-state index contributed by atoms with van der Waals surface area (Å²) in [6.45, 7) is 5.94. The van der Waals surface area contributed by atoms with Gasteiger partial charge >= 0.3 is 0 Å². The highest BCUT2D eigenvalue weighted by Gasteiger charge is 2.42. The summed E-state index contributed by atoms with van der Waals surface area (Å²) < 4.78 is 5.53. The van der Waals surface area contributed by atoms with Gasteiger partial charge in [-0.1, -0.05) is 29.8 Å². The summed E-state index contributed by atoms with van der Waals surface area (Å²) in [5.41, 5.74) is 3.05. The number of nitrogens with zero attached hydrogens (tertiary/aromatic N) is 2. The van der Waals surface area contributed by atoms with Gasteiger partial charge in [-0.15, -0.1) is 0 Å². The first-order chi connectivity index (χ1) is 14.5. The summed E-state index contributed by atoms with van der Waals surface area (Å²) in [5, 5.41) is 0.530. The van der Waals surface area contributed by atoms with Crippen molar-refractivity contribution in [3.8, 4) is 5.75 Å². The molecule has 0 aromatic heterocycles. The summed E-state index contributed by atoms with van der Waals surface area (Å²) >= 11 is 6.29. The molecule has 4 rings (SSSR count). The molecular weight excluding hydrogens is 400 g/mol. The van der Waals surface area contributed by atoms with Crippen molar-refractivity contribution in [1.82, 2.24) is 4.90 Å². The summed E-state index contributed by atoms with van der Waals surface area (Å²) in [7, 11) is 0. The lowest BCUT2D eigenvalue weighted by molar-refractivity contribution is -0.120. The third-order valence-corrected chi connectivity index (χ3v) is 6.01. The molecule has 0 aliphatic carbocycles. The number of halogens is 1. The first-order valence-corrected chi connectivity index (χ1v) is 10.8. The Morgan fingerprint density at radius 3 is 2.30 bits per heavy atom. The zero-order chi connectivity index (χ0) is 21.3. The predicted octanol–water partition coefficient (Wildman–Crippen LogP) is 4.82. The molecule has 0 atom stereocenters. The van der Waals surface area contributed by atoms with E-state index in [0.29, 0.717) is 28.6 Å². The molecule has 2 amide bonds. The molecule has 30 heavy (non-hydrogen) atoms. The van der Waals surface area contributed by atoms with E-state index in [1.165, 1.54) is 4.90 Å². The summed E-state index contributed by atoms with van der Waals surface area (Å²) in [4.78, 5) is 30.3. The van der Waals surface area contributed by atoms with E-state index >= 15 is 0 Å². The largest absolute Gasteiger partial charge is 0.494 e. The van der Waals surface area contributed by atoms with Crippen molar-refractivity contribution >= 4 is 34.7 Å². The van der Waals surface area contributed by atoms with E-state index in [0.717, 1.165) is 49.2 Å². The van der Waals surface area contributed by atoms with Gasteiger partial charge in [0.2, 0.25) is 0 Å². The van der Waals surface area contributed by atoms with Crippen LogP contribution in [0.5, 0.6) is 5.75 Å². The van der Waals surface area contributed by atoms with Crippen LogP contribution >= 0.6 is 11.6 Å². The van der Waals surface area contributed by atoms with E-state index in [9.17, 15) is 9.59 Å². The quantitative estimate of drug-likeness (QED) is 0.646. The minimum absolute atomic E-state index is 0.286. The van der Waals surface area contributed by atoms with Crippen molar-refractivity contribution < 1.29 is 14.3 Å². The maximum atomic E-state index is 13.5. The average Bonchev–Trinajstić information content (AvgIpc) is 3.02. The van der Waals surface area contributed by atoms with Gasteiger partial charge in [-0.2, -0.15) is 0 Å². The number of benzene rings is 2. The van der Waals surface area contributed by atoms with E-state index in [-0.39, 0.29) is 11.8 Å². The van der Waals surface area contributed by atoms with Crippen LogP contribution in [-0.2, 0) is 9.59 Å². The van der Waals surface area contributed by atoms with Gasteiger partial charge in [0, 0.05) is 18.1 Å². The second-order valence-corrected chi connectivity index (χ2v) is 8.02. The zero-order valence-corrected chi connectivity index (χ0v) is 18.0. The third-order valence-electron chi connectivity index (χ3n) is 5.60. The predicted molar refractivity (Wildman–Crippen MR) is 119 cm³/mol. The van der Waals surface area contributed by atoms with Crippen LogP contribution in [0.15, 0.2) is 48.2 Å². The first-order valence-electron chi connectivity index (χ1n) is 10.4. The zero-order valence-electron chi connectivity index (χ0n) is 17.3. The number of likely N-dealkylation sites (tertiary alicyclic amines) is 1. The normalized spacial score (nSPS) is 17.2. The van der Waals surface area contributed by atoms with Crippen molar-refractivity contribution in [3.63, 3.8) is 0 Å². The maximum Gasteiger partial charge on any atom is 0.282 e. The van der Waals surface area contributed by atoms with Crippen molar-refractivity contribution in [2.24, 2.45) is 0 Å². The van der Waals surface area contributed by atoms with Crippen LogP contribution < -0.4 is 9.64 Å². The minimum Gasteiger partial charge on any atom is -0.494 e. The molecule has 0 radical (unpaired) electrons. The third kappa shape index (κ3) is 3.70. The Morgan fingerprint density at radius 2 is 1.67 bits per heavy atom. The molecule has 0 unspecified atom stereocenters. The Labute approximate surface area is 181 Å². The first kappa shape index (κ1) is 20.5. The second-order valence-electron chi connectivity index (χ2n) is 7.61. The molecule has 1 fully saturated rings. The fraction of sp³-hybridized carbons (Fsp3) is 0.333. The van der Waals surface area contributed by atoms with Crippen molar-refractivity contribution in [1.29, 1.82) is 0 Å². The molecule has 0 bridgehead atoms. The summed E-state index contributed by atoms with van der Waals surface area (Å²) in [5.74, 6) is 0.135. The Hall–Kier alpha value is -2.79. The molecule has 0 saturated carbocycles. The van der Waals surface area contributed by atoms with Crippen LogP contribution in [0.1, 0.15) is 37.3 Å². The van der Waals surface area contributed by atoms with Gasteiger partial charge in [-0.3, -0.25) is 9.59 Å². The van der Waals surface area contributed by atoms with Gasteiger partial charge in [0.25, 0.3) is 11.8 Å². The smallest absolute Gasteiger partial charge is 0.282 e. The van der Waals surface area contributed by atoms with E-state index in [1.54, 1.807) is 12.1 Å². The van der Waals surface area contributed by atoms with Crippen LogP contribution in [0.4, 0.5) is 5.69 Å². The standard InChI is InChI=1S/C24H25ClN2O3/c1-3-30-19-11-8-17(9-12-19)21-22(26-13-5-4-6-14-26)24(29)27(23(21)28)18-10-7-16(2)20(25)15-18/h7-12,15H,3-6,13-14H2,1-2H3. The number of rotatable bonds is 5. The van der Waals surface area contributed by atoms with Crippen LogP contribution in [0.3, 0.4) is 0 Å².